The van der Waals surface area contributed by atoms with Crippen LogP contribution in [0.3, 0.4) is 0 Å². The summed E-state index contributed by atoms with van der Waals surface area (Å²) in [7, 11) is 0. The summed E-state index contributed by atoms with van der Waals surface area (Å²) in [5, 5.41) is 5.67. The molecule has 5 heteroatoms. The third-order valence-corrected chi connectivity index (χ3v) is 4.26. The number of hydrogen-bond acceptors (Lipinski definition) is 1. The van der Waals surface area contributed by atoms with Crippen LogP contribution in [0.5, 0.6) is 0 Å². The molecule has 1 amide bonds. The van der Waals surface area contributed by atoms with Crippen LogP contribution in [-0.4, -0.2) is 12.5 Å². The lowest BCUT2D eigenvalue weighted by Crippen LogP contribution is -2.86. The summed E-state index contributed by atoms with van der Waals surface area (Å²) in [5.41, 5.74) is 3.03. The molecular weight excluding hydrogens is 364 g/mol. The minimum Gasteiger partial charge on any atom is -0.333 e. The van der Waals surface area contributed by atoms with Crippen LogP contribution < -0.4 is 10.6 Å². The van der Waals surface area contributed by atoms with Gasteiger partial charge in [-0.25, -0.2) is 0 Å². The van der Waals surface area contributed by atoms with Gasteiger partial charge < -0.3 is 10.6 Å². The van der Waals surface area contributed by atoms with E-state index >= 15 is 0 Å². The second kappa shape index (κ2) is 7.77. The molecule has 0 saturated carbocycles. The van der Waals surface area contributed by atoms with Gasteiger partial charge in [-0.2, -0.15) is 0 Å². The minimum absolute atomic E-state index is 0.00811. The number of aryl methyl sites for hydroxylation is 1. The molecule has 0 spiro atoms. The topological polar surface area (TPSA) is 45.7 Å². The second-order valence-electron chi connectivity index (χ2n) is 5.29. The average molecular weight is 383 g/mol. The van der Waals surface area contributed by atoms with Gasteiger partial charge >= 0.3 is 0 Å². The highest BCUT2D eigenvalue weighted by atomic mass is 79.9. The van der Waals surface area contributed by atoms with Gasteiger partial charge in [-0.3, -0.25) is 4.79 Å². The van der Waals surface area contributed by atoms with Crippen molar-refractivity contribution in [2.75, 3.05) is 11.9 Å². The van der Waals surface area contributed by atoms with Crippen molar-refractivity contribution in [3.63, 3.8) is 0 Å². The van der Waals surface area contributed by atoms with E-state index in [1.807, 2.05) is 54.7 Å². The first-order chi connectivity index (χ1) is 10.5. The molecule has 0 saturated heterocycles. The van der Waals surface area contributed by atoms with Crippen LogP contribution in [0.25, 0.3) is 0 Å². The Balaban J connectivity index is 1.88. The fourth-order valence-corrected chi connectivity index (χ4v) is 2.76. The number of hydrogen-bond donors (Lipinski definition) is 2. The predicted molar refractivity (Wildman–Crippen MR) is 94.2 cm³/mol. The van der Waals surface area contributed by atoms with Crippen molar-refractivity contribution in [2.45, 2.75) is 19.9 Å². The lowest BCUT2D eigenvalue weighted by atomic mass is 10.1. The van der Waals surface area contributed by atoms with Crippen LogP contribution in [0, 0.1) is 6.92 Å². The molecule has 0 aliphatic heterocycles. The molecule has 2 rings (SSSR count). The molecule has 3 nitrogen and oxygen atoms in total. The van der Waals surface area contributed by atoms with Crippen molar-refractivity contribution in [1.29, 1.82) is 0 Å². The van der Waals surface area contributed by atoms with Crippen molar-refractivity contribution in [2.24, 2.45) is 0 Å². The van der Waals surface area contributed by atoms with Crippen LogP contribution in [0.4, 0.5) is 5.69 Å². The third kappa shape index (κ3) is 4.83. The molecule has 1 atom stereocenters. The highest BCUT2D eigenvalue weighted by Gasteiger charge is 2.12. The smallest absolute Gasteiger partial charge is 0.279 e. The maximum Gasteiger partial charge on any atom is 0.279 e. The Morgan fingerprint density at radius 1 is 1.27 bits per heavy atom. The zero-order chi connectivity index (χ0) is 16.1. The van der Waals surface area contributed by atoms with E-state index in [1.165, 1.54) is 0 Å². The predicted octanol–water partition coefficient (Wildman–Crippen LogP) is 3.67. The van der Waals surface area contributed by atoms with Crippen LogP contribution in [0.1, 0.15) is 24.1 Å². The molecule has 0 fully saturated rings. The summed E-state index contributed by atoms with van der Waals surface area (Å²) < 4.78 is 1.01. The van der Waals surface area contributed by atoms with Crippen LogP contribution in [0.15, 0.2) is 46.9 Å². The summed E-state index contributed by atoms with van der Waals surface area (Å²) in [6, 6.07) is 13.7. The number of carbonyl (C=O) groups excluding carboxylic acids is 1. The Bertz CT molecular complexity index is 658. The number of quaternary nitrogens is 1. The molecule has 0 aliphatic rings. The molecule has 3 N–H and O–H groups in total. The summed E-state index contributed by atoms with van der Waals surface area (Å²) in [6.07, 6.45) is 0. The molecule has 116 valence electrons. The van der Waals surface area contributed by atoms with Gasteiger partial charge in [-0.05, 0) is 49.7 Å². The monoisotopic (exact) mass is 381 g/mol. The number of carbonyl (C=O) groups is 1. The lowest BCUT2D eigenvalue weighted by molar-refractivity contribution is -0.682. The average Bonchev–Trinajstić information content (AvgIpc) is 2.48. The van der Waals surface area contributed by atoms with E-state index in [-0.39, 0.29) is 11.9 Å². The van der Waals surface area contributed by atoms with Crippen LogP contribution in [-0.2, 0) is 4.79 Å². The number of nitrogens with one attached hydrogen (secondary N) is 1. The second-order valence-corrected chi connectivity index (χ2v) is 6.64. The van der Waals surface area contributed by atoms with Gasteiger partial charge in [0.05, 0.1) is 0 Å². The summed E-state index contributed by atoms with van der Waals surface area (Å²) >= 11 is 9.30. The molecule has 0 bridgehead atoms. The first-order valence-corrected chi connectivity index (χ1v) is 8.27. The molecule has 0 radical (unpaired) electrons. The standard InChI is InChI=1S/C17H18BrClN2O/c1-11-9-14(18)5-8-16(11)21-17(22)10-20-12(2)13-3-6-15(19)7-4-13/h3-9,12,20H,10H2,1-2H3,(H,21,22)/p+1/t12-/m0/s1. The largest absolute Gasteiger partial charge is 0.333 e. The highest BCUT2D eigenvalue weighted by molar-refractivity contribution is 9.10. The van der Waals surface area contributed by atoms with E-state index in [0.717, 1.165) is 26.3 Å². The maximum absolute atomic E-state index is 12.1. The Kier molecular flexibility index (Phi) is 6.00. The van der Waals surface area contributed by atoms with Crippen molar-refractivity contribution in [3.05, 3.63) is 63.1 Å². The number of nitrogens with two attached hydrogens (primary N) is 1. The first-order valence-electron chi connectivity index (χ1n) is 7.10. The summed E-state index contributed by atoms with van der Waals surface area (Å²) in [4.78, 5) is 12.1. The van der Waals surface area contributed by atoms with E-state index in [4.69, 9.17) is 11.6 Å². The van der Waals surface area contributed by atoms with Crippen molar-refractivity contribution in [1.82, 2.24) is 0 Å². The quantitative estimate of drug-likeness (QED) is 0.814. The molecule has 0 aromatic heterocycles. The van der Waals surface area contributed by atoms with E-state index in [1.54, 1.807) is 0 Å². The minimum atomic E-state index is -0.00811. The fraction of sp³-hybridized carbons (Fsp3) is 0.235. The number of anilines is 1. The lowest BCUT2D eigenvalue weighted by Gasteiger charge is -2.12. The van der Waals surface area contributed by atoms with Crippen LogP contribution in [0.2, 0.25) is 5.02 Å². The number of amides is 1. The maximum atomic E-state index is 12.1. The molecule has 22 heavy (non-hydrogen) atoms. The van der Waals surface area contributed by atoms with Crippen molar-refractivity contribution < 1.29 is 10.1 Å². The van der Waals surface area contributed by atoms with Crippen molar-refractivity contribution >= 4 is 39.1 Å². The zero-order valence-corrected chi connectivity index (χ0v) is 14.9. The first kappa shape index (κ1) is 17.0. The number of benzene rings is 2. The van der Waals surface area contributed by atoms with Crippen LogP contribution >= 0.6 is 27.5 Å². The summed E-state index contributed by atoms with van der Waals surface area (Å²) in [5.74, 6) is -0.00811. The van der Waals surface area contributed by atoms with Gasteiger partial charge in [0.25, 0.3) is 5.91 Å². The van der Waals surface area contributed by atoms with E-state index in [9.17, 15) is 4.79 Å². The SMILES string of the molecule is Cc1cc(Br)ccc1NC(=O)C[NH2+][C@@H](C)c1ccc(Cl)cc1. The number of halogens is 2. The fourth-order valence-electron chi connectivity index (χ4n) is 2.15. The molecular formula is C17H19BrClN2O+. The van der Waals surface area contributed by atoms with Gasteiger partial charge in [0, 0.05) is 20.7 Å². The Morgan fingerprint density at radius 3 is 2.59 bits per heavy atom. The van der Waals surface area contributed by atoms with E-state index < -0.39 is 0 Å². The normalized spacial score (nSPS) is 12.0. The summed E-state index contributed by atoms with van der Waals surface area (Å²) in [6.45, 7) is 4.42. The molecule has 0 heterocycles. The van der Waals surface area contributed by atoms with Gasteiger partial charge in [0.2, 0.25) is 0 Å². The Labute approximate surface area is 144 Å². The molecule has 0 unspecified atom stereocenters. The third-order valence-electron chi connectivity index (χ3n) is 3.52. The van der Waals surface area contributed by atoms with Gasteiger partial charge in [-0.15, -0.1) is 0 Å². The van der Waals surface area contributed by atoms with Gasteiger partial charge in [0.15, 0.2) is 6.54 Å². The molecule has 0 aliphatic carbocycles. The van der Waals surface area contributed by atoms with E-state index in [2.05, 4.69) is 28.2 Å². The van der Waals surface area contributed by atoms with Crippen molar-refractivity contribution in [3.8, 4) is 0 Å². The Hall–Kier alpha value is -1.36. The van der Waals surface area contributed by atoms with Gasteiger partial charge in [0.1, 0.15) is 6.04 Å². The molecule has 2 aromatic rings. The highest BCUT2D eigenvalue weighted by Crippen LogP contribution is 2.19. The van der Waals surface area contributed by atoms with Gasteiger partial charge in [-0.1, -0.05) is 39.7 Å². The van der Waals surface area contributed by atoms with E-state index in [0.29, 0.717) is 6.54 Å². The molecule has 2 aromatic carbocycles. The zero-order valence-electron chi connectivity index (χ0n) is 12.6. The Morgan fingerprint density at radius 2 is 1.95 bits per heavy atom. The number of rotatable bonds is 5.